The molecule has 0 saturated heterocycles. The smallest absolute Gasteiger partial charge is 0.307 e. The van der Waals surface area contributed by atoms with E-state index in [1.807, 2.05) is 0 Å². The van der Waals surface area contributed by atoms with Crippen molar-refractivity contribution in [2.24, 2.45) is 5.73 Å². The molecule has 0 fully saturated rings. The number of hydrogen-bond acceptors (Lipinski definition) is 4. The molecule has 1 aromatic rings. The second kappa shape index (κ2) is 4.84. The Morgan fingerprint density at radius 3 is 2.62 bits per heavy atom. The van der Waals surface area contributed by atoms with Gasteiger partial charge in [-0.1, -0.05) is 0 Å². The van der Waals surface area contributed by atoms with Gasteiger partial charge < -0.3 is 16.6 Å². The van der Waals surface area contributed by atoms with Crippen LogP contribution in [-0.4, -0.2) is 16.1 Å². The summed E-state index contributed by atoms with van der Waals surface area (Å²) in [4.78, 5) is 14.2. The average molecular weight is 231 g/mol. The van der Waals surface area contributed by atoms with Crippen molar-refractivity contribution < 1.29 is 18.7 Å². The van der Waals surface area contributed by atoms with Gasteiger partial charge in [0.15, 0.2) is 0 Å². The van der Waals surface area contributed by atoms with Crippen molar-refractivity contribution in [1.82, 2.24) is 4.98 Å². The summed E-state index contributed by atoms with van der Waals surface area (Å²) in [5.74, 6) is -1.44. The maximum Gasteiger partial charge on any atom is 0.307 e. The highest BCUT2D eigenvalue weighted by Crippen LogP contribution is 2.29. The van der Waals surface area contributed by atoms with Gasteiger partial charge in [-0.15, -0.1) is 0 Å². The predicted molar refractivity (Wildman–Crippen MR) is 52.8 cm³/mol. The van der Waals surface area contributed by atoms with Crippen LogP contribution in [0.3, 0.4) is 0 Å². The van der Waals surface area contributed by atoms with Crippen LogP contribution >= 0.6 is 0 Å². The van der Waals surface area contributed by atoms with E-state index in [-0.39, 0.29) is 23.5 Å². The molecular weight excluding hydrogens is 220 g/mol. The lowest BCUT2D eigenvalue weighted by Crippen LogP contribution is -2.13. The first kappa shape index (κ1) is 12.3. The van der Waals surface area contributed by atoms with Gasteiger partial charge in [0.2, 0.25) is 0 Å². The normalized spacial score (nSPS) is 10.8. The number of carboxylic acid groups (broad SMARTS) is 1. The summed E-state index contributed by atoms with van der Waals surface area (Å²) in [5.41, 5.74) is 10.2. The Morgan fingerprint density at radius 1 is 1.56 bits per heavy atom. The molecule has 0 spiro atoms. The van der Waals surface area contributed by atoms with Gasteiger partial charge in [0.05, 0.1) is 6.42 Å². The van der Waals surface area contributed by atoms with E-state index in [2.05, 4.69) is 4.98 Å². The van der Waals surface area contributed by atoms with E-state index in [0.717, 1.165) is 6.20 Å². The maximum atomic E-state index is 12.8. The Bertz CT molecular complexity index is 410. The third-order valence-electron chi connectivity index (χ3n) is 2.11. The Hall–Kier alpha value is -1.76. The summed E-state index contributed by atoms with van der Waals surface area (Å²) in [6, 6.07) is 0. The third kappa shape index (κ3) is 2.43. The number of aromatic nitrogens is 1. The van der Waals surface area contributed by atoms with E-state index in [4.69, 9.17) is 16.6 Å². The first-order valence-corrected chi connectivity index (χ1v) is 4.43. The molecule has 0 saturated carbocycles. The molecule has 1 rings (SSSR count). The van der Waals surface area contributed by atoms with E-state index in [1.165, 1.54) is 0 Å². The molecule has 1 heterocycles. The summed E-state index contributed by atoms with van der Waals surface area (Å²) >= 11 is 0. The lowest BCUT2D eigenvalue weighted by molar-refractivity contribution is -0.136. The molecule has 0 aliphatic heterocycles. The average Bonchev–Trinajstić information content (AvgIpc) is 2.19. The molecule has 5 nitrogen and oxygen atoms in total. The largest absolute Gasteiger partial charge is 0.481 e. The molecule has 0 aliphatic carbocycles. The lowest BCUT2D eigenvalue weighted by Gasteiger charge is -2.13. The van der Waals surface area contributed by atoms with Crippen LogP contribution in [0.15, 0.2) is 6.20 Å². The highest BCUT2D eigenvalue weighted by Gasteiger charge is 2.21. The highest BCUT2D eigenvalue weighted by atomic mass is 19.3. The zero-order chi connectivity index (χ0) is 12.3. The van der Waals surface area contributed by atoms with Gasteiger partial charge in [-0.05, 0) is 5.56 Å². The number of anilines is 1. The van der Waals surface area contributed by atoms with Crippen LogP contribution in [0.2, 0.25) is 0 Å². The molecule has 16 heavy (non-hydrogen) atoms. The topological polar surface area (TPSA) is 102 Å². The lowest BCUT2D eigenvalue weighted by atomic mass is 10.0. The fourth-order valence-electron chi connectivity index (χ4n) is 1.40. The number of alkyl halides is 2. The molecule has 0 amide bonds. The van der Waals surface area contributed by atoms with Crippen molar-refractivity contribution in [2.45, 2.75) is 19.4 Å². The number of carbonyl (C=O) groups is 1. The van der Waals surface area contributed by atoms with Crippen molar-refractivity contribution in [3.05, 3.63) is 22.9 Å². The number of hydrogen-bond donors (Lipinski definition) is 3. The van der Waals surface area contributed by atoms with Crippen LogP contribution in [-0.2, 0) is 17.8 Å². The summed E-state index contributed by atoms with van der Waals surface area (Å²) < 4.78 is 25.5. The van der Waals surface area contributed by atoms with E-state index < -0.39 is 24.4 Å². The summed E-state index contributed by atoms with van der Waals surface area (Å²) in [6.45, 7) is -0.139. The zero-order valence-electron chi connectivity index (χ0n) is 8.28. The van der Waals surface area contributed by atoms with E-state index >= 15 is 0 Å². The van der Waals surface area contributed by atoms with Gasteiger partial charge in [-0.3, -0.25) is 4.79 Å². The van der Waals surface area contributed by atoms with Gasteiger partial charge in [-0.2, -0.15) is 0 Å². The fourth-order valence-corrected chi connectivity index (χ4v) is 1.40. The molecule has 88 valence electrons. The summed E-state index contributed by atoms with van der Waals surface area (Å²) in [5, 5.41) is 8.60. The van der Waals surface area contributed by atoms with Crippen molar-refractivity contribution in [1.29, 1.82) is 0 Å². The number of pyridine rings is 1. The molecule has 0 aromatic carbocycles. The fraction of sp³-hybridized carbons (Fsp3) is 0.333. The molecule has 0 atom stereocenters. The molecule has 5 N–H and O–H groups in total. The van der Waals surface area contributed by atoms with Gasteiger partial charge in [0, 0.05) is 23.9 Å². The van der Waals surface area contributed by atoms with E-state index in [9.17, 15) is 13.6 Å². The second-order valence-electron chi connectivity index (χ2n) is 3.14. The minimum atomic E-state index is -2.82. The van der Waals surface area contributed by atoms with Crippen LogP contribution in [0, 0.1) is 0 Å². The number of nitrogens with two attached hydrogens (primary N) is 2. The first-order chi connectivity index (χ1) is 7.47. The van der Waals surface area contributed by atoms with Gasteiger partial charge in [0.25, 0.3) is 6.43 Å². The van der Waals surface area contributed by atoms with Crippen molar-refractivity contribution in [3.8, 4) is 0 Å². The third-order valence-corrected chi connectivity index (χ3v) is 2.11. The molecule has 0 aliphatic rings. The first-order valence-electron chi connectivity index (χ1n) is 4.43. The van der Waals surface area contributed by atoms with Gasteiger partial charge >= 0.3 is 5.97 Å². The zero-order valence-corrected chi connectivity index (χ0v) is 8.28. The van der Waals surface area contributed by atoms with Gasteiger partial charge in [0.1, 0.15) is 5.82 Å². The van der Waals surface area contributed by atoms with Crippen molar-refractivity contribution in [2.75, 3.05) is 5.73 Å². The summed E-state index contributed by atoms with van der Waals surface area (Å²) in [6.07, 6.45) is -2.27. The Balaban J connectivity index is 3.35. The molecule has 7 heteroatoms. The summed E-state index contributed by atoms with van der Waals surface area (Å²) in [7, 11) is 0. The van der Waals surface area contributed by atoms with Crippen molar-refractivity contribution in [3.63, 3.8) is 0 Å². The Labute approximate surface area is 90.1 Å². The number of halogens is 2. The quantitative estimate of drug-likeness (QED) is 0.707. The van der Waals surface area contributed by atoms with E-state index in [0.29, 0.717) is 0 Å². The number of nitrogen functional groups attached to an aromatic ring is 1. The number of nitrogens with zero attached hydrogens (tertiary/aromatic N) is 1. The van der Waals surface area contributed by atoms with Crippen molar-refractivity contribution >= 4 is 11.8 Å². The van der Waals surface area contributed by atoms with Crippen LogP contribution < -0.4 is 11.5 Å². The maximum absolute atomic E-state index is 12.8. The second-order valence-corrected chi connectivity index (χ2v) is 3.14. The number of aliphatic carboxylic acids is 1. The SMILES string of the molecule is NCc1cnc(N)c(CC(=O)O)c1C(F)F. The minimum Gasteiger partial charge on any atom is -0.481 e. The highest BCUT2D eigenvalue weighted by molar-refractivity contribution is 5.73. The van der Waals surface area contributed by atoms with Gasteiger partial charge in [-0.25, -0.2) is 13.8 Å². The number of carboxylic acids is 1. The number of rotatable bonds is 4. The molecule has 0 bridgehead atoms. The van der Waals surface area contributed by atoms with Crippen LogP contribution in [0.25, 0.3) is 0 Å². The predicted octanol–water partition coefficient (Wildman–Crippen LogP) is 0.687. The van der Waals surface area contributed by atoms with E-state index in [1.54, 1.807) is 0 Å². The monoisotopic (exact) mass is 231 g/mol. The molecule has 1 aromatic heterocycles. The molecule has 0 unspecified atom stereocenters. The molecule has 0 radical (unpaired) electrons. The van der Waals surface area contributed by atoms with Crippen LogP contribution in [0.5, 0.6) is 0 Å². The minimum absolute atomic E-state index is 0.112. The Kier molecular flexibility index (Phi) is 3.73. The van der Waals surface area contributed by atoms with Crippen LogP contribution in [0.4, 0.5) is 14.6 Å². The molecular formula is C9H11F2N3O2. The van der Waals surface area contributed by atoms with Crippen LogP contribution in [0.1, 0.15) is 23.1 Å². The Morgan fingerprint density at radius 2 is 2.19 bits per heavy atom. The standard InChI is InChI=1S/C9H11F2N3O2/c10-8(11)7-4(2-12)3-14-9(13)5(7)1-6(15)16/h3,8H,1-2,12H2,(H2,13,14)(H,15,16).